The molecule has 0 aliphatic carbocycles. The second-order valence-electron chi connectivity index (χ2n) is 6.25. The maximum absolute atomic E-state index is 13.0. The molecule has 1 aliphatic rings. The summed E-state index contributed by atoms with van der Waals surface area (Å²) < 4.78 is 18.0. The lowest BCUT2D eigenvalue weighted by Crippen LogP contribution is -2.44. The van der Waals surface area contributed by atoms with Crippen LogP contribution in [0, 0.1) is 5.82 Å². The zero-order valence-corrected chi connectivity index (χ0v) is 15.7. The van der Waals surface area contributed by atoms with Crippen molar-refractivity contribution in [1.82, 2.24) is 10.2 Å². The summed E-state index contributed by atoms with van der Waals surface area (Å²) in [5.74, 6) is -2.73. The van der Waals surface area contributed by atoms with Crippen LogP contribution < -0.4 is 10.6 Å². The SMILES string of the molecule is CC[C@@]1(C)NC(=O)N(CC(=O)O[C@@H](C)C(=O)Nc2ccc(F)cc2Cl)C1=O. The van der Waals surface area contributed by atoms with Crippen molar-refractivity contribution < 1.29 is 28.3 Å². The number of hydrogen-bond donors (Lipinski definition) is 2. The molecule has 1 aromatic carbocycles. The van der Waals surface area contributed by atoms with Gasteiger partial charge in [0.1, 0.15) is 17.9 Å². The molecule has 1 aromatic rings. The van der Waals surface area contributed by atoms with Gasteiger partial charge < -0.3 is 15.4 Å². The summed E-state index contributed by atoms with van der Waals surface area (Å²) in [6.45, 7) is 3.98. The number of benzene rings is 1. The van der Waals surface area contributed by atoms with Crippen LogP contribution in [0.15, 0.2) is 18.2 Å². The fourth-order valence-electron chi connectivity index (χ4n) is 2.37. The third-order valence-electron chi connectivity index (χ3n) is 4.21. The predicted octanol–water partition coefficient (Wildman–Crippen LogP) is 2.07. The molecule has 1 fully saturated rings. The van der Waals surface area contributed by atoms with Gasteiger partial charge in [-0.1, -0.05) is 18.5 Å². The maximum Gasteiger partial charge on any atom is 0.327 e. The summed E-state index contributed by atoms with van der Waals surface area (Å²) in [6.07, 6.45) is -0.864. The number of carbonyl (C=O) groups excluding carboxylic acids is 4. The smallest absolute Gasteiger partial charge is 0.327 e. The Bertz CT molecular complexity index is 803. The van der Waals surface area contributed by atoms with Gasteiger partial charge in [-0.2, -0.15) is 0 Å². The molecule has 27 heavy (non-hydrogen) atoms. The first-order valence-corrected chi connectivity index (χ1v) is 8.54. The Balaban J connectivity index is 1.94. The number of carbonyl (C=O) groups is 4. The van der Waals surface area contributed by atoms with E-state index in [1.165, 1.54) is 13.0 Å². The fraction of sp³-hybridized carbons (Fsp3) is 0.412. The van der Waals surface area contributed by atoms with Gasteiger partial charge in [0.25, 0.3) is 11.8 Å². The maximum atomic E-state index is 13.0. The zero-order valence-electron chi connectivity index (χ0n) is 15.0. The molecule has 1 heterocycles. The number of halogens is 2. The van der Waals surface area contributed by atoms with Crippen molar-refractivity contribution in [2.24, 2.45) is 0 Å². The number of urea groups is 1. The third-order valence-corrected chi connectivity index (χ3v) is 4.52. The minimum Gasteiger partial charge on any atom is -0.451 e. The molecule has 0 radical (unpaired) electrons. The molecule has 1 aliphatic heterocycles. The number of nitrogens with zero attached hydrogens (tertiary/aromatic N) is 1. The number of ether oxygens (including phenoxy) is 1. The topological polar surface area (TPSA) is 105 Å². The molecule has 8 nitrogen and oxygen atoms in total. The molecule has 4 amide bonds. The summed E-state index contributed by atoms with van der Waals surface area (Å²) in [7, 11) is 0. The van der Waals surface area contributed by atoms with E-state index in [-0.39, 0.29) is 10.7 Å². The number of nitrogens with one attached hydrogen (secondary N) is 2. The molecule has 10 heteroatoms. The van der Waals surface area contributed by atoms with Crippen molar-refractivity contribution >= 4 is 41.1 Å². The molecule has 146 valence electrons. The Morgan fingerprint density at radius 1 is 1.41 bits per heavy atom. The van der Waals surface area contributed by atoms with Gasteiger partial charge in [-0.15, -0.1) is 0 Å². The van der Waals surface area contributed by atoms with Gasteiger partial charge in [-0.25, -0.2) is 9.18 Å². The average Bonchev–Trinajstić information content (AvgIpc) is 2.81. The zero-order chi connectivity index (χ0) is 20.4. The molecule has 0 spiro atoms. The number of amides is 4. The van der Waals surface area contributed by atoms with E-state index < -0.39 is 47.8 Å². The number of hydrogen-bond acceptors (Lipinski definition) is 5. The number of anilines is 1. The van der Waals surface area contributed by atoms with Crippen LogP contribution in [-0.2, 0) is 19.1 Å². The Labute approximate surface area is 160 Å². The number of imide groups is 1. The molecule has 2 rings (SSSR count). The predicted molar refractivity (Wildman–Crippen MR) is 94.5 cm³/mol. The first kappa shape index (κ1) is 20.6. The molecule has 0 unspecified atom stereocenters. The van der Waals surface area contributed by atoms with Crippen LogP contribution in [0.25, 0.3) is 0 Å². The quantitative estimate of drug-likeness (QED) is 0.562. The van der Waals surface area contributed by atoms with Crippen molar-refractivity contribution in [3.05, 3.63) is 29.0 Å². The molecular formula is C17H19ClFN3O5. The normalized spacial score (nSPS) is 20.3. The van der Waals surface area contributed by atoms with Crippen LogP contribution in [-0.4, -0.2) is 46.9 Å². The van der Waals surface area contributed by atoms with Crippen molar-refractivity contribution in [2.75, 3.05) is 11.9 Å². The van der Waals surface area contributed by atoms with Gasteiger partial charge in [0.05, 0.1) is 10.7 Å². The highest BCUT2D eigenvalue weighted by Crippen LogP contribution is 2.23. The van der Waals surface area contributed by atoms with Crippen LogP contribution in [0.2, 0.25) is 5.02 Å². The van der Waals surface area contributed by atoms with E-state index >= 15 is 0 Å². The van der Waals surface area contributed by atoms with E-state index in [1.54, 1.807) is 13.8 Å². The highest BCUT2D eigenvalue weighted by molar-refractivity contribution is 6.33. The summed E-state index contributed by atoms with van der Waals surface area (Å²) >= 11 is 5.82. The minimum atomic E-state index is -1.23. The highest BCUT2D eigenvalue weighted by atomic mass is 35.5. The van der Waals surface area contributed by atoms with Crippen molar-refractivity contribution in [3.8, 4) is 0 Å². The summed E-state index contributed by atoms with van der Waals surface area (Å²) in [5, 5.41) is 4.90. The highest BCUT2D eigenvalue weighted by Gasteiger charge is 2.47. The Morgan fingerprint density at radius 3 is 2.63 bits per heavy atom. The second-order valence-corrected chi connectivity index (χ2v) is 6.66. The van der Waals surface area contributed by atoms with Crippen LogP contribution >= 0.6 is 11.6 Å². The van der Waals surface area contributed by atoms with E-state index in [4.69, 9.17) is 16.3 Å². The van der Waals surface area contributed by atoms with Gasteiger partial charge in [0, 0.05) is 0 Å². The van der Waals surface area contributed by atoms with Crippen molar-refractivity contribution in [3.63, 3.8) is 0 Å². The van der Waals surface area contributed by atoms with E-state index in [0.29, 0.717) is 6.42 Å². The van der Waals surface area contributed by atoms with E-state index in [9.17, 15) is 23.6 Å². The van der Waals surface area contributed by atoms with Gasteiger partial charge >= 0.3 is 12.0 Å². The monoisotopic (exact) mass is 399 g/mol. The van der Waals surface area contributed by atoms with Crippen LogP contribution in [0.4, 0.5) is 14.9 Å². The van der Waals surface area contributed by atoms with E-state index in [1.807, 2.05) is 0 Å². The third kappa shape index (κ3) is 4.54. The summed E-state index contributed by atoms with van der Waals surface area (Å²) in [6, 6.07) is 2.70. The molecule has 0 saturated carbocycles. The molecule has 1 saturated heterocycles. The van der Waals surface area contributed by atoms with Crippen molar-refractivity contribution in [1.29, 1.82) is 0 Å². The Kier molecular flexibility index (Phi) is 6.04. The van der Waals surface area contributed by atoms with E-state index in [2.05, 4.69) is 10.6 Å². The van der Waals surface area contributed by atoms with E-state index in [0.717, 1.165) is 17.0 Å². The lowest BCUT2D eigenvalue weighted by molar-refractivity contribution is -0.155. The Morgan fingerprint density at radius 2 is 2.07 bits per heavy atom. The first-order valence-electron chi connectivity index (χ1n) is 8.17. The molecular weight excluding hydrogens is 381 g/mol. The second kappa shape index (κ2) is 7.91. The largest absolute Gasteiger partial charge is 0.451 e. The Hall–Kier alpha value is -2.68. The van der Waals surface area contributed by atoms with Crippen LogP contribution in [0.5, 0.6) is 0 Å². The minimum absolute atomic E-state index is 0.0138. The van der Waals surface area contributed by atoms with Gasteiger partial charge in [0.2, 0.25) is 0 Å². The molecule has 0 aromatic heterocycles. The lowest BCUT2D eigenvalue weighted by atomic mass is 9.99. The summed E-state index contributed by atoms with van der Waals surface area (Å²) in [5.41, 5.74) is -0.918. The number of rotatable bonds is 6. The fourth-order valence-corrected chi connectivity index (χ4v) is 2.59. The summed E-state index contributed by atoms with van der Waals surface area (Å²) in [4.78, 5) is 49.0. The van der Waals surface area contributed by atoms with Crippen LogP contribution in [0.3, 0.4) is 0 Å². The van der Waals surface area contributed by atoms with Crippen LogP contribution in [0.1, 0.15) is 27.2 Å². The van der Waals surface area contributed by atoms with Crippen molar-refractivity contribution in [2.45, 2.75) is 38.8 Å². The standard InChI is InChI=1S/C17H19ClFN3O5/c1-4-17(3)15(25)22(16(26)21-17)8-13(23)27-9(2)14(24)20-12-6-5-10(19)7-11(12)18/h5-7,9H,4,8H2,1-3H3,(H,20,24)(H,21,26)/t9-,17+/m0/s1. The van der Waals surface area contributed by atoms with Gasteiger partial charge in [0.15, 0.2) is 6.10 Å². The molecule has 0 bridgehead atoms. The first-order chi connectivity index (χ1) is 12.6. The molecule has 2 N–H and O–H groups in total. The number of esters is 1. The molecule has 2 atom stereocenters. The lowest BCUT2D eigenvalue weighted by Gasteiger charge is -2.19. The average molecular weight is 400 g/mol. The van der Waals surface area contributed by atoms with Gasteiger partial charge in [-0.3, -0.25) is 19.3 Å². The van der Waals surface area contributed by atoms with Gasteiger partial charge in [-0.05, 0) is 38.5 Å².